The molecule has 23 heavy (non-hydrogen) atoms. The van der Waals surface area contributed by atoms with Crippen molar-refractivity contribution in [3.05, 3.63) is 18.2 Å². The van der Waals surface area contributed by atoms with E-state index in [4.69, 9.17) is 0 Å². The van der Waals surface area contributed by atoms with Gasteiger partial charge in [-0.05, 0) is 25.7 Å². The molecule has 8 heteroatoms. The molecule has 0 N–H and O–H groups in total. The molecule has 0 radical (unpaired) electrons. The van der Waals surface area contributed by atoms with Gasteiger partial charge in [-0.3, -0.25) is 0 Å². The largest absolute Gasteiger partial charge is 0.340 e. The molecule has 3 rings (SSSR count). The first-order chi connectivity index (χ1) is 10.9. The Morgan fingerprint density at radius 2 is 1.96 bits per heavy atom. The molecule has 128 valence electrons. The molecule has 3 heterocycles. The Balaban J connectivity index is 1.72. The predicted octanol–water partition coefficient (Wildman–Crippen LogP) is 1.65. The van der Waals surface area contributed by atoms with Gasteiger partial charge in [0.15, 0.2) is 5.82 Å². The number of halogens is 1. The molecular weight excluding hydrogens is 319 g/mol. The number of hydrogen-bond acceptors (Lipinski definition) is 5. The zero-order chi connectivity index (χ0) is 16.5. The Bertz CT molecular complexity index is 652. The highest BCUT2D eigenvalue weighted by atomic mass is 32.2. The van der Waals surface area contributed by atoms with Crippen LogP contribution < -0.4 is 4.90 Å². The second-order valence-corrected chi connectivity index (χ2v) is 8.71. The zero-order valence-electron chi connectivity index (χ0n) is 13.4. The van der Waals surface area contributed by atoms with Gasteiger partial charge in [-0.15, -0.1) is 0 Å². The first kappa shape index (κ1) is 16.6. The van der Waals surface area contributed by atoms with Gasteiger partial charge in [-0.1, -0.05) is 6.92 Å². The van der Waals surface area contributed by atoms with Crippen molar-refractivity contribution >= 4 is 16.0 Å². The number of nitrogens with zero attached hydrogens (tertiary/aromatic N) is 4. The molecule has 0 amide bonds. The SMILES string of the molecule is CCCS(=O)(=O)N1CCC2(CCCN(c3ncc(F)cn3)C2)C1. The minimum atomic E-state index is -3.14. The third-order valence-corrected chi connectivity index (χ3v) is 6.83. The maximum atomic E-state index is 13.0. The van der Waals surface area contributed by atoms with Crippen molar-refractivity contribution in [2.45, 2.75) is 32.6 Å². The molecule has 2 fully saturated rings. The number of piperidine rings is 1. The number of sulfonamides is 1. The van der Waals surface area contributed by atoms with Crippen LogP contribution in [-0.4, -0.2) is 54.6 Å². The summed E-state index contributed by atoms with van der Waals surface area (Å²) in [5.74, 6) is 0.298. The number of anilines is 1. The molecule has 6 nitrogen and oxygen atoms in total. The lowest BCUT2D eigenvalue weighted by molar-refractivity contribution is 0.246. The monoisotopic (exact) mass is 342 g/mol. The van der Waals surface area contributed by atoms with Crippen molar-refractivity contribution in [3.8, 4) is 0 Å². The highest BCUT2D eigenvalue weighted by Gasteiger charge is 2.44. The topological polar surface area (TPSA) is 66.4 Å². The van der Waals surface area contributed by atoms with Crippen LogP contribution in [0.2, 0.25) is 0 Å². The van der Waals surface area contributed by atoms with Crippen LogP contribution in [0, 0.1) is 11.2 Å². The van der Waals surface area contributed by atoms with E-state index in [-0.39, 0.29) is 11.2 Å². The van der Waals surface area contributed by atoms with Crippen LogP contribution in [0.1, 0.15) is 32.6 Å². The van der Waals surface area contributed by atoms with Gasteiger partial charge in [0.25, 0.3) is 0 Å². The summed E-state index contributed by atoms with van der Waals surface area (Å²) in [6.45, 7) is 4.62. The number of hydrogen-bond donors (Lipinski definition) is 0. The molecule has 1 spiro atoms. The molecule has 0 bridgehead atoms. The highest BCUT2D eigenvalue weighted by molar-refractivity contribution is 7.89. The van der Waals surface area contributed by atoms with Crippen molar-refractivity contribution in [1.82, 2.24) is 14.3 Å². The van der Waals surface area contributed by atoms with Gasteiger partial charge in [-0.2, -0.15) is 0 Å². The summed E-state index contributed by atoms with van der Waals surface area (Å²) >= 11 is 0. The summed E-state index contributed by atoms with van der Waals surface area (Å²) in [4.78, 5) is 10.2. The van der Waals surface area contributed by atoms with Crippen LogP contribution >= 0.6 is 0 Å². The molecule has 1 aromatic rings. The van der Waals surface area contributed by atoms with E-state index in [9.17, 15) is 12.8 Å². The Morgan fingerprint density at radius 3 is 2.65 bits per heavy atom. The Hall–Kier alpha value is -1.28. The second kappa shape index (κ2) is 6.32. The average Bonchev–Trinajstić information content (AvgIpc) is 2.92. The van der Waals surface area contributed by atoms with E-state index in [1.807, 2.05) is 6.92 Å². The van der Waals surface area contributed by atoms with Crippen LogP contribution in [-0.2, 0) is 10.0 Å². The first-order valence-electron chi connectivity index (χ1n) is 8.14. The van der Waals surface area contributed by atoms with Crippen LogP contribution in [0.4, 0.5) is 10.3 Å². The molecule has 0 aliphatic carbocycles. The summed E-state index contributed by atoms with van der Waals surface area (Å²) in [7, 11) is -3.14. The predicted molar refractivity (Wildman–Crippen MR) is 86.1 cm³/mol. The summed E-state index contributed by atoms with van der Waals surface area (Å²) in [5.41, 5.74) is -0.0309. The molecule has 2 aliphatic heterocycles. The molecule has 2 saturated heterocycles. The minimum absolute atomic E-state index is 0.0309. The summed E-state index contributed by atoms with van der Waals surface area (Å²) in [6, 6.07) is 0. The normalized spacial score (nSPS) is 26.1. The summed E-state index contributed by atoms with van der Waals surface area (Å²) < 4.78 is 39.2. The smallest absolute Gasteiger partial charge is 0.225 e. The lowest BCUT2D eigenvalue weighted by Gasteiger charge is -2.40. The molecule has 2 aliphatic rings. The maximum absolute atomic E-state index is 13.0. The lowest BCUT2D eigenvalue weighted by Crippen LogP contribution is -2.46. The van der Waals surface area contributed by atoms with E-state index in [2.05, 4.69) is 14.9 Å². The first-order valence-corrected chi connectivity index (χ1v) is 9.75. The Kier molecular flexibility index (Phi) is 4.55. The molecule has 1 aromatic heterocycles. The lowest BCUT2D eigenvalue weighted by atomic mass is 9.79. The highest BCUT2D eigenvalue weighted by Crippen LogP contribution is 2.40. The van der Waals surface area contributed by atoms with Gasteiger partial charge >= 0.3 is 0 Å². The van der Waals surface area contributed by atoms with Gasteiger partial charge < -0.3 is 4.90 Å². The molecule has 1 atom stereocenters. The van der Waals surface area contributed by atoms with Crippen molar-refractivity contribution in [2.75, 3.05) is 36.8 Å². The van der Waals surface area contributed by atoms with Gasteiger partial charge in [0, 0.05) is 31.6 Å². The summed E-state index contributed by atoms with van der Waals surface area (Å²) in [6.07, 6.45) is 5.85. The van der Waals surface area contributed by atoms with Crippen LogP contribution in [0.15, 0.2) is 12.4 Å². The fourth-order valence-corrected chi connectivity index (χ4v) is 5.31. The molecular formula is C15H23FN4O2S. The number of aromatic nitrogens is 2. The second-order valence-electron chi connectivity index (χ2n) is 6.63. The van der Waals surface area contributed by atoms with E-state index >= 15 is 0 Å². The fraction of sp³-hybridized carbons (Fsp3) is 0.733. The summed E-state index contributed by atoms with van der Waals surface area (Å²) in [5, 5.41) is 0. The van der Waals surface area contributed by atoms with Crippen LogP contribution in [0.3, 0.4) is 0 Å². The standard InChI is InChI=1S/C15H23FN4O2S/c1-2-8-23(21,22)20-7-5-15(12-20)4-3-6-19(11-15)14-17-9-13(16)10-18-14/h9-10H,2-8,11-12H2,1H3. The average molecular weight is 342 g/mol. The van der Waals surface area contributed by atoms with Crippen LogP contribution in [0.25, 0.3) is 0 Å². The minimum Gasteiger partial charge on any atom is -0.340 e. The zero-order valence-corrected chi connectivity index (χ0v) is 14.2. The third-order valence-electron chi connectivity index (χ3n) is 4.81. The van der Waals surface area contributed by atoms with Crippen molar-refractivity contribution in [1.29, 1.82) is 0 Å². The van der Waals surface area contributed by atoms with Crippen molar-refractivity contribution in [3.63, 3.8) is 0 Å². The van der Waals surface area contributed by atoms with Gasteiger partial charge in [0.05, 0.1) is 18.1 Å². The Morgan fingerprint density at radius 1 is 1.22 bits per heavy atom. The Labute approximate surface area is 136 Å². The van der Waals surface area contributed by atoms with Gasteiger partial charge in [0.2, 0.25) is 16.0 Å². The quantitative estimate of drug-likeness (QED) is 0.832. The molecule has 0 aromatic carbocycles. The van der Waals surface area contributed by atoms with Crippen molar-refractivity contribution < 1.29 is 12.8 Å². The van der Waals surface area contributed by atoms with E-state index < -0.39 is 15.8 Å². The molecule has 0 saturated carbocycles. The maximum Gasteiger partial charge on any atom is 0.225 e. The van der Waals surface area contributed by atoms with E-state index in [1.54, 1.807) is 4.31 Å². The van der Waals surface area contributed by atoms with Crippen molar-refractivity contribution in [2.24, 2.45) is 5.41 Å². The van der Waals surface area contributed by atoms with Gasteiger partial charge in [0.1, 0.15) is 0 Å². The van der Waals surface area contributed by atoms with E-state index in [1.165, 1.54) is 12.4 Å². The van der Waals surface area contributed by atoms with Crippen LogP contribution in [0.5, 0.6) is 0 Å². The molecule has 1 unspecified atom stereocenters. The number of rotatable bonds is 4. The third kappa shape index (κ3) is 3.47. The van der Waals surface area contributed by atoms with Gasteiger partial charge in [-0.25, -0.2) is 27.1 Å². The fourth-order valence-electron chi connectivity index (χ4n) is 3.70. The van der Waals surface area contributed by atoms with E-state index in [0.29, 0.717) is 25.5 Å². The van der Waals surface area contributed by atoms with E-state index in [0.717, 1.165) is 32.4 Å².